The number of carbonyl (C=O) groups excluding carboxylic acids is 1. The van der Waals surface area contributed by atoms with Gasteiger partial charge in [-0.1, -0.05) is 18.2 Å². The molecule has 2 aromatic carbocycles. The van der Waals surface area contributed by atoms with Gasteiger partial charge in [0.1, 0.15) is 11.5 Å². The lowest BCUT2D eigenvalue weighted by atomic mass is 10.0. The van der Waals surface area contributed by atoms with E-state index in [1.165, 1.54) is 0 Å². The molecule has 6 heteroatoms. The zero-order valence-corrected chi connectivity index (χ0v) is 16.5. The van der Waals surface area contributed by atoms with Crippen molar-refractivity contribution in [1.29, 1.82) is 0 Å². The number of carboxylic acid groups (broad SMARTS) is 1. The molecule has 6 nitrogen and oxygen atoms in total. The highest BCUT2D eigenvalue weighted by molar-refractivity contribution is 5.88. The summed E-state index contributed by atoms with van der Waals surface area (Å²) in [5.41, 5.74) is 3.54. The third-order valence-corrected chi connectivity index (χ3v) is 5.36. The maximum atomic E-state index is 12.7. The topological polar surface area (TPSA) is 84.9 Å². The van der Waals surface area contributed by atoms with Crippen LogP contribution in [0.4, 0.5) is 0 Å². The van der Waals surface area contributed by atoms with Crippen molar-refractivity contribution < 1.29 is 24.2 Å². The van der Waals surface area contributed by atoms with E-state index in [0.29, 0.717) is 23.5 Å². The van der Waals surface area contributed by atoms with Crippen molar-refractivity contribution in [2.45, 2.75) is 32.2 Å². The smallest absolute Gasteiger partial charge is 0.330 e. The average Bonchev–Trinajstić information content (AvgIpc) is 3.48. The van der Waals surface area contributed by atoms with Crippen LogP contribution >= 0.6 is 0 Å². The van der Waals surface area contributed by atoms with E-state index in [2.05, 4.69) is 5.32 Å². The van der Waals surface area contributed by atoms with Gasteiger partial charge >= 0.3 is 5.97 Å². The zero-order valence-electron chi connectivity index (χ0n) is 16.5. The molecule has 28 heavy (non-hydrogen) atoms. The Morgan fingerprint density at radius 1 is 1.07 bits per heavy atom. The SMILES string of the molecule is COc1ccc(OC)c(C2CC2C(=O)NC(C(=O)O)c2ccc(C)c(C)c2)c1. The minimum absolute atomic E-state index is 0.0146. The summed E-state index contributed by atoms with van der Waals surface area (Å²) in [7, 11) is 3.17. The van der Waals surface area contributed by atoms with E-state index in [0.717, 1.165) is 16.7 Å². The van der Waals surface area contributed by atoms with Gasteiger partial charge in [-0.15, -0.1) is 0 Å². The van der Waals surface area contributed by atoms with Gasteiger partial charge in [-0.2, -0.15) is 0 Å². The van der Waals surface area contributed by atoms with Crippen LogP contribution in [0.2, 0.25) is 0 Å². The second-order valence-corrected chi connectivity index (χ2v) is 7.18. The molecule has 1 fully saturated rings. The van der Waals surface area contributed by atoms with Crippen molar-refractivity contribution in [1.82, 2.24) is 5.32 Å². The van der Waals surface area contributed by atoms with Crippen LogP contribution in [0.3, 0.4) is 0 Å². The molecule has 0 heterocycles. The maximum Gasteiger partial charge on any atom is 0.330 e. The highest BCUT2D eigenvalue weighted by Crippen LogP contribution is 2.51. The number of hydrogen-bond acceptors (Lipinski definition) is 4. The molecule has 0 bridgehead atoms. The number of nitrogens with one attached hydrogen (secondary N) is 1. The highest BCUT2D eigenvalue weighted by Gasteiger charge is 2.46. The van der Waals surface area contributed by atoms with Crippen molar-refractivity contribution in [3.05, 3.63) is 58.7 Å². The van der Waals surface area contributed by atoms with Gasteiger partial charge in [0.05, 0.1) is 14.2 Å². The first kappa shape index (κ1) is 19.7. The van der Waals surface area contributed by atoms with Crippen molar-refractivity contribution in [3.63, 3.8) is 0 Å². The molecule has 0 radical (unpaired) electrons. The summed E-state index contributed by atoms with van der Waals surface area (Å²) in [4.78, 5) is 24.5. The molecule has 3 unspecified atom stereocenters. The van der Waals surface area contributed by atoms with E-state index >= 15 is 0 Å². The summed E-state index contributed by atoms with van der Waals surface area (Å²) in [6, 6.07) is 9.85. The third-order valence-electron chi connectivity index (χ3n) is 5.36. The predicted molar refractivity (Wildman–Crippen MR) is 105 cm³/mol. The fourth-order valence-corrected chi connectivity index (χ4v) is 3.44. The molecule has 2 aromatic rings. The molecule has 3 atom stereocenters. The largest absolute Gasteiger partial charge is 0.497 e. The Hall–Kier alpha value is -3.02. The number of aryl methyl sites for hydroxylation is 2. The van der Waals surface area contributed by atoms with Crippen LogP contribution in [0.5, 0.6) is 11.5 Å². The van der Waals surface area contributed by atoms with Crippen molar-refractivity contribution in [3.8, 4) is 11.5 Å². The van der Waals surface area contributed by atoms with E-state index in [9.17, 15) is 14.7 Å². The molecule has 2 N–H and O–H groups in total. The second kappa shape index (κ2) is 7.92. The monoisotopic (exact) mass is 383 g/mol. The molecule has 0 aromatic heterocycles. The Balaban J connectivity index is 1.76. The summed E-state index contributed by atoms with van der Waals surface area (Å²) in [5, 5.41) is 12.3. The molecule has 1 aliphatic carbocycles. The molecular formula is C22H25NO5. The van der Waals surface area contributed by atoms with Crippen molar-refractivity contribution in [2.75, 3.05) is 14.2 Å². The van der Waals surface area contributed by atoms with E-state index in [-0.39, 0.29) is 17.7 Å². The summed E-state index contributed by atoms with van der Waals surface area (Å²) in [6.45, 7) is 3.88. The van der Waals surface area contributed by atoms with Crippen LogP contribution in [0, 0.1) is 19.8 Å². The molecular weight excluding hydrogens is 358 g/mol. The number of aliphatic carboxylic acids is 1. The van der Waals surface area contributed by atoms with E-state index in [1.807, 2.05) is 38.1 Å². The summed E-state index contributed by atoms with van der Waals surface area (Å²) in [6.07, 6.45) is 0.647. The summed E-state index contributed by atoms with van der Waals surface area (Å²) < 4.78 is 10.7. The highest BCUT2D eigenvalue weighted by atomic mass is 16.5. The lowest BCUT2D eigenvalue weighted by molar-refractivity contribution is -0.142. The Bertz CT molecular complexity index is 908. The van der Waals surface area contributed by atoms with Crippen LogP contribution in [0.25, 0.3) is 0 Å². The van der Waals surface area contributed by atoms with Gasteiger partial charge in [-0.05, 0) is 55.2 Å². The Kier molecular flexibility index (Phi) is 5.58. The normalized spacial score (nSPS) is 18.9. The number of ether oxygens (including phenoxy) is 2. The first-order valence-electron chi connectivity index (χ1n) is 9.18. The van der Waals surface area contributed by atoms with Crippen LogP contribution in [-0.4, -0.2) is 31.2 Å². The van der Waals surface area contributed by atoms with Crippen molar-refractivity contribution >= 4 is 11.9 Å². The fourth-order valence-electron chi connectivity index (χ4n) is 3.44. The maximum absolute atomic E-state index is 12.7. The minimum atomic E-state index is -1.08. The molecule has 1 aliphatic rings. The van der Waals surface area contributed by atoms with Gasteiger partial charge < -0.3 is 19.9 Å². The van der Waals surface area contributed by atoms with E-state index in [4.69, 9.17) is 9.47 Å². The van der Waals surface area contributed by atoms with Gasteiger partial charge in [0.25, 0.3) is 0 Å². The number of carboxylic acids is 1. The number of hydrogen-bond donors (Lipinski definition) is 2. The quantitative estimate of drug-likeness (QED) is 0.766. The molecule has 0 saturated heterocycles. The zero-order chi connectivity index (χ0) is 20.4. The molecule has 1 amide bonds. The Labute approximate surface area is 164 Å². The third kappa shape index (κ3) is 3.96. The average molecular weight is 383 g/mol. The number of methoxy groups -OCH3 is 2. The van der Waals surface area contributed by atoms with Gasteiger partial charge in [-0.25, -0.2) is 4.79 Å². The molecule has 0 aliphatic heterocycles. The molecule has 1 saturated carbocycles. The first-order chi connectivity index (χ1) is 13.3. The molecule has 148 valence electrons. The van der Waals surface area contributed by atoms with Crippen LogP contribution in [0.1, 0.15) is 40.6 Å². The van der Waals surface area contributed by atoms with E-state index in [1.54, 1.807) is 26.4 Å². The molecule has 3 rings (SSSR count). The van der Waals surface area contributed by atoms with Gasteiger partial charge in [0.2, 0.25) is 5.91 Å². The number of amides is 1. The van der Waals surface area contributed by atoms with Crippen LogP contribution in [0.15, 0.2) is 36.4 Å². The summed E-state index contributed by atoms with van der Waals surface area (Å²) >= 11 is 0. The lowest BCUT2D eigenvalue weighted by Crippen LogP contribution is -2.35. The van der Waals surface area contributed by atoms with Gasteiger partial charge in [-0.3, -0.25) is 4.79 Å². The predicted octanol–water partition coefficient (Wildman–Crippen LogP) is 3.37. The van der Waals surface area contributed by atoms with Crippen LogP contribution in [-0.2, 0) is 9.59 Å². The van der Waals surface area contributed by atoms with Gasteiger partial charge in [0, 0.05) is 17.4 Å². The Morgan fingerprint density at radius 2 is 1.82 bits per heavy atom. The van der Waals surface area contributed by atoms with E-state index < -0.39 is 12.0 Å². The molecule has 0 spiro atoms. The number of benzene rings is 2. The van der Waals surface area contributed by atoms with Gasteiger partial charge in [0.15, 0.2) is 6.04 Å². The first-order valence-corrected chi connectivity index (χ1v) is 9.18. The standard InChI is InChI=1S/C22H25NO5/c1-12-5-6-14(9-13(12)2)20(22(25)26)23-21(24)18-11-16(18)17-10-15(27-3)7-8-19(17)28-4/h5-10,16,18,20H,11H2,1-4H3,(H,23,24)(H,25,26). The Morgan fingerprint density at radius 3 is 2.43 bits per heavy atom. The van der Waals surface area contributed by atoms with Crippen LogP contribution < -0.4 is 14.8 Å². The minimum Gasteiger partial charge on any atom is -0.497 e. The summed E-state index contributed by atoms with van der Waals surface area (Å²) in [5.74, 6) is -0.243. The number of rotatable bonds is 7. The fraction of sp³-hybridized carbons (Fsp3) is 0.364. The van der Waals surface area contributed by atoms with Crippen molar-refractivity contribution in [2.24, 2.45) is 5.92 Å². The second-order valence-electron chi connectivity index (χ2n) is 7.18. The lowest BCUT2D eigenvalue weighted by Gasteiger charge is -2.16. The number of carbonyl (C=O) groups is 2.